The molecule has 0 aliphatic carbocycles. The molecule has 0 saturated carbocycles. The van der Waals surface area contributed by atoms with Crippen molar-refractivity contribution in [2.24, 2.45) is 0 Å². The van der Waals surface area contributed by atoms with Gasteiger partial charge in [0.05, 0.1) is 11.9 Å². The Morgan fingerprint density at radius 3 is 2.67 bits per heavy atom. The van der Waals surface area contributed by atoms with E-state index < -0.39 is 9.73 Å². The van der Waals surface area contributed by atoms with Crippen molar-refractivity contribution in [3.05, 3.63) is 24.0 Å². The summed E-state index contributed by atoms with van der Waals surface area (Å²) in [7, 11) is -2.30. The van der Waals surface area contributed by atoms with Crippen LogP contribution >= 0.6 is 0 Å². The van der Waals surface area contributed by atoms with Crippen molar-refractivity contribution in [1.82, 2.24) is 4.98 Å². The molecule has 2 heterocycles. The van der Waals surface area contributed by atoms with E-state index in [1.165, 1.54) is 0 Å². The molecule has 1 aliphatic rings. The third-order valence-electron chi connectivity index (χ3n) is 2.61. The van der Waals surface area contributed by atoms with Gasteiger partial charge in [-0.2, -0.15) is 0 Å². The van der Waals surface area contributed by atoms with Gasteiger partial charge in [0.1, 0.15) is 0 Å². The van der Waals surface area contributed by atoms with Crippen LogP contribution in [-0.2, 0) is 9.73 Å². The number of rotatable bonds is 1. The molecule has 0 spiro atoms. The zero-order chi connectivity index (χ0) is 10.9. The molecule has 1 aromatic rings. The van der Waals surface area contributed by atoms with Crippen LogP contribution in [0.1, 0.15) is 5.56 Å². The Labute approximate surface area is 90.3 Å². The average Bonchev–Trinajstić information content (AvgIpc) is 2.17. The highest BCUT2D eigenvalue weighted by Gasteiger charge is 2.19. The number of nitrogens with zero attached hydrogens (tertiary/aromatic N) is 2. The van der Waals surface area contributed by atoms with Crippen LogP contribution < -0.4 is 4.90 Å². The van der Waals surface area contributed by atoms with Gasteiger partial charge in [-0.05, 0) is 18.6 Å². The monoisotopic (exact) mass is 225 g/mol. The number of pyridine rings is 1. The molecule has 2 rings (SSSR count). The van der Waals surface area contributed by atoms with Crippen LogP contribution in [-0.4, -0.2) is 33.8 Å². The molecule has 82 valence electrons. The first-order valence-electron chi connectivity index (χ1n) is 4.98. The lowest BCUT2D eigenvalue weighted by molar-refractivity contribution is 0.664. The molecule has 0 radical (unpaired) electrons. The maximum Gasteiger partial charge on any atom is 0.0555 e. The van der Waals surface area contributed by atoms with E-state index in [-0.39, 0.29) is 0 Å². The molecule has 0 atom stereocenters. The van der Waals surface area contributed by atoms with Gasteiger partial charge < -0.3 is 4.90 Å². The van der Waals surface area contributed by atoms with Crippen LogP contribution in [0, 0.1) is 11.7 Å². The van der Waals surface area contributed by atoms with Gasteiger partial charge in [0.25, 0.3) is 0 Å². The molecule has 15 heavy (non-hydrogen) atoms. The summed E-state index contributed by atoms with van der Waals surface area (Å²) >= 11 is 0. The van der Waals surface area contributed by atoms with E-state index in [9.17, 15) is 4.21 Å². The first kappa shape index (κ1) is 10.4. The summed E-state index contributed by atoms with van der Waals surface area (Å²) in [5, 5.41) is 0. The minimum Gasteiger partial charge on any atom is -0.368 e. The number of aromatic nitrogens is 1. The fraction of sp³-hybridized carbons (Fsp3) is 0.500. The Bertz CT molecular complexity index is 441. The lowest BCUT2D eigenvalue weighted by Crippen LogP contribution is -2.39. The van der Waals surface area contributed by atoms with E-state index in [2.05, 4.69) is 16.0 Å². The van der Waals surface area contributed by atoms with Gasteiger partial charge in [0.2, 0.25) is 0 Å². The second-order valence-electron chi connectivity index (χ2n) is 3.93. The fourth-order valence-electron chi connectivity index (χ4n) is 1.70. The largest absolute Gasteiger partial charge is 0.368 e. The Morgan fingerprint density at radius 1 is 1.40 bits per heavy atom. The smallest absolute Gasteiger partial charge is 0.0555 e. The van der Waals surface area contributed by atoms with Gasteiger partial charge in [-0.1, -0.05) is 0 Å². The molecule has 1 N–H and O–H groups in total. The highest BCUT2D eigenvalue weighted by Crippen LogP contribution is 2.17. The topological polar surface area (TPSA) is 57.1 Å². The summed E-state index contributed by atoms with van der Waals surface area (Å²) in [5.41, 5.74) is 2.20. The molecule has 0 bridgehead atoms. The van der Waals surface area contributed by atoms with Gasteiger partial charge in [0, 0.05) is 40.5 Å². The third kappa shape index (κ3) is 2.47. The lowest BCUT2D eigenvalue weighted by atomic mass is 10.3. The molecule has 1 saturated heterocycles. The normalized spacial score (nSPS) is 20.2. The molecule has 5 heteroatoms. The maximum atomic E-state index is 11.5. The lowest BCUT2D eigenvalue weighted by Gasteiger charge is -2.29. The van der Waals surface area contributed by atoms with E-state index >= 15 is 0 Å². The van der Waals surface area contributed by atoms with E-state index in [0.29, 0.717) is 24.6 Å². The standard InChI is InChI=1S/C10H15N3OS/c1-9-6-10(8-12-7-9)13-2-4-15(11,14)5-3-13/h6-8,11H,2-5H2,1H3. The summed E-state index contributed by atoms with van der Waals surface area (Å²) in [5.74, 6) is 0.946. The van der Waals surface area contributed by atoms with Crippen LogP contribution in [0.2, 0.25) is 0 Å². The average molecular weight is 225 g/mol. The Morgan fingerprint density at radius 2 is 2.07 bits per heavy atom. The van der Waals surface area contributed by atoms with Crippen LogP contribution in [0.3, 0.4) is 0 Å². The molecule has 1 aliphatic heterocycles. The minimum atomic E-state index is -2.30. The van der Waals surface area contributed by atoms with E-state index in [1.54, 1.807) is 0 Å². The third-order valence-corrected chi connectivity index (χ3v) is 4.29. The number of hydrogen-bond donors (Lipinski definition) is 1. The second kappa shape index (κ2) is 3.81. The van der Waals surface area contributed by atoms with E-state index in [0.717, 1.165) is 11.3 Å². The number of aryl methyl sites for hydroxylation is 1. The predicted molar refractivity (Wildman–Crippen MR) is 61.8 cm³/mol. The Kier molecular flexibility index (Phi) is 2.65. The summed E-state index contributed by atoms with van der Waals surface area (Å²) in [6.45, 7) is 3.41. The highest BCUT2D eigenvalue weighted by molar-refractivity contribution is 7.92. The number of nitrogens with one attached hydrogen (secondary N) is 1. The van der Waals surface area contributed by atoms with Crippen molar-refractivity contribution >= 4 is 15.4 Å². The molecule has 1 fully saturated rings. The summed E-state index contributed by atoms with van der Waals surface area (Å²) in [4.78, 5) is 6.29. The van der Waals surface area contributed by atoms with E-state index in [1.807, 2.05) is 19.3 Å². The van der Waals surface area contributed by atoms with Crippen LogP contribution in [0.4, 0.5) is 5.69 Å². The zero-order valence-electron chi connectivity index (χ0n) is 8.77. The highest BCUT2D eigenvalue weighted by atomic mass is 32.2. The summed E-state index contributed by atoms with van der Waals surface area (Å²) in [6, 6.07) is 2.07. The maximum absolute atomic E-state index is 11.5. The first-order chi connectivity index (χ1) is 7.07. The molecule has 0 aromatic carbocycles. The van der Waals surface area contributed by atoms with Crippen LogP contribution in [0.25, 0.3) is 0 Å². The molecule has 0 amide bonds. The predicted octanol–water partition coefficient (Wildman–Crippen LogP) is 1.26. The van der Waals surface area contributed by atoms with Gasteiger partial charge in [-0.15, -0.1) is 0 Å². The SMILES string of the molecule is Cc1cncc(N2CCS(=N)(=O)CC2)c1. The summed E-state index contributed by atoms with van der Waals surface area (Å²) < 4.78 is 19.0. The Hall–Kier alpha value is -1.10. The van der Waals surface area contributed by atoms with Gasteiger partial charge >= 0.3 is 0 Å². The molecule has 4 nitrogen and oxygen atoms in total. The van der Waals surface area contributed by atoms with Crippen LogP contribution in [0.5, 0.6) is 0 Å². The van der Waals surface area contributed by atoms with Crippen molar-refractivity contribution in [2.45, 2.75) is 6.92 Å². The van der Waals surface area contributed by atoms with Crippen molar-refractivity contribution in [1.29, 1.82) is 4.78 Å². The quantitative estimate of drug-likeness (QED) is 0.782. The molecular weight excluding hydrogens is 210 g/mol. The van der Waals surface area contributed by atoms with Gasteiger partial charge in [0.15, 0.2) is 0 Å². The molecule has 0 unspecified atom stereocenters. The zero-order valence-corrected chi connectivity index (χ0v) is 9.59. The van der Waals surface area contributed by atoms with E-state index in [4.69, 9.17) is 4.78 Å². The van der Waals surface area contributed by atoms with Crippen molar-refractivity contribution in [2.75, 3.05) is 29.5 Å². The van der Waals surface area contributed by atoms with Crippen molar-refractivity contribution < 1.29 is 4.21 Å². The van der Waals surface area contributed by atoms with Gasteiger partial charge in [-0.3, -0.25) is 9.76 Å². The van der Waals surface area contributed by atoms with Crippen molar-refractivity contribution in [3.63, 3.8) is 0 Å². The summed E-state index contributed by atoms with van der Waals surface area (Å²) in [6.07, 6.45) is 3.64. The second-order valence-corrected chi connectivity index (χ2v) is 6.37. The fourth-order valence-corrected chi connectivity index (χ4v) is 2.93. The minimum absolute atomic E-state index is 0.473. The molecule has 1 aromatic heterocycles. The first-order valence-corrected chi connectivity index (χ1v) is 6.87. The van der Waals surface area contributed by atoms with Gasteiger partial charge in [-0.25, -0.2) is 4.21 Å². The Balaban J connectivity index is 2.14. The van der Waals surface area contributed by atoms with Crippen LogP contribution in [0.15, 0.2) is 18.5 Å². The van der Waals surface area contributed by atoms with Crippen molar-refractivity contribution in [3.8, 4) is 0 Å². The number of hydrogen-bond acceptors (Lipinski definition) is 4. The number of anilines is 1. The molecular formula is C10H15N3OS.